The third kappa shape index (κ3) is 3.54. The molecule has 0 radical (unpaired) electrons. The van der Waals surface area contributed by atoms with E-state index in [0.29, 0.717) is 17.0 Å². The largest absolute Gasteiger partial charge is 0.369 e. The van der Waals surface area contributed by atoms with Crippen LogP contribution in [0, 0.1) is 11.6 Å². The number of pyridine rings is 1. The predicted octanol–water partition coefficient (Wildman–Crippen LogP) is 4.39. The lowest BCUT2D eigenvalue weighted by Gasteiger charge is -2.34. The van der Waals surface area contributed by atoms with Crippen molar-refractivity contribution in [2.24, 2.45) is 11.5 Å². The van der Waals surface area contributed by atoms with Crippen molar-refractivity contribution in [1.82, 2.24) is 9.97 Å². The standard InChI is InChI=1S/C22H19F2N5OS2/c23-14-4-1-5-15(24)16(14)22-28-17(20(26)30)19(32-22)13-9-27-21-12(6-8-31-21)18(13)29-7-2-3-11(25)10-29/h1,4-6,8-9,11H,2-3,7,10,25H2,(H2,26,30)/t11-/m0/s1. The van der Waals surface area contributed by atoms with Crippen LogP contribution >= 0.6 is 22.7 Å². The maximum Gasteiger partial charge on any atom is 0.268 e. The zero-order valence-electron chi connectivity index (χ0n) is 16.8. The lowest BCUT2D eigenvalue weighted by atomic mass is 10.0. The quantitative estimate of drug-likeness (QED) is 0.460. The van der Waals surface area contributed by atoms with E-state index in [1.54, 1.807) is 6.20 Å². The highest BCUT2D eigenvalue weighted by atomic mass is 32.1. The van der Waals surface area contributed by atoms with Crippen LogP contribution in [0.4, 0.5) is 14.5 Å². The van der Waals surface area contributed by atoms with Crippen molar-refractivity contribution in [2.45, 2.75) is 18.9 Å². The van der Waals surface area contributed by atoms with Gasteiger partial charge in [0.25, 0.3) is 5.91 Å². The summed E-state index contributed by atoms with van der Waals surface area (Å²) in [7, 11) is 0. The van der Waals surface area contributed by atoms with Gasteiger partial charge < -0.3 is 16.4 Å². The molecule has 10 heteroatoms. The zero-order chi connectivity index (χ0) is 22.4. The van der Waals surface area contributed by atoms with Crippen molar-refractivity contribution >= 4 is 44.5 Å². The first-order chi connectivity index (χ1) is 15.4. The topological polar surface area (TPSA) is 98.1 Å². The number of carbonyl (C=O) groups excluding carboxylic acids is 1. The number of fused-ring (bicyclic) bond motifs is 1. The minimum absolute atomic E-state index is 0.0265. The second-order valence-electron chi connectivity index (χ2n) is 7.67. The van der Waals surface area contributed by atoms with E-state index in [4.69, 9.17) is 11.5 Å². The Labute approximate surface area is 190 Å². The second kappa shape index (κ2) is 8.19. The van der Waals surface area contributed by atoms with Crippen LogP contribution in [0.5, 0.6) is 0 Å². The smallest absolute Gasteiger partial charge is 0.268 e. The first kappa shape index (κ1) is 20.9. The first-order valence-electron chi connectivity index (χ1n) is 10.1. The molecule has 1 saturated heterocycles. The van der Waals surface area contributed by atoms with E-state index in [-0.39, 0.29) is 22.3 Å². The SMILES string of the molecule is NC(=O)c1nc(-c2c(F)cccc2F)sc1-c1cnc2sccc2c1N1CCC[C@H](N)C1. The molecule has 4 N–H and O–H groups in total. The summed E-state index contributed by atoms with van der Waals surface area (Å²) in [6.07, 6.45) is 3.55. The van der Waals surface area contributed by atoms with Gasteiger partial charge >= 0.3 is 0 Å². The normalized spacial score (nSPS) is 16.6. The number of amides is 1. The van der Waals surface area contributed by atoms with Crippen LogP contribution in [0.3, 0.4) is 0 Å². The molecule has 0 saturated carbocycles. The monoisotopic (exact) mass is 471 g/mol. The van der Waals surface area contributed by atoms with Gasteiger partial charge in [0.1, 0.15) is 27.2 Å². The number of thiazole rings is 1. The van der Waals surface area contributed by atoms with Gasteiger partial charge in [0.2, 0.25) is 0 Å². The van der Waals surface area contributed by atoms with Crippen molar-refractivity contribution in [3.63, 3.8) is 0 Å². The fourth-order valence-electron chi connectivity index (χ4n) is 4.11. The van der Waals surface area contributed by atoms with E-state index < -0.39 is 17.5 Å². The molecule has 1 aliphatic heterocycles. The van der Waals surface area contributed by atoms with Gasteiger partial charge in [0.05, 0.1) is 16.1 Å². The van der Waals surface area contributed by atoms with E-state index in [0.717, 1.165) is 58.8 Å². The molecule has 1 fully saturated rings. The number of thiophene rings is 1. The number of hydrogen-bond donors (Lipinski definition) is 2. The summed E-state index contributed by atoms with van der Waals surface area (Å²) in [6, 6.07) is 5.60. The molecule has 6 nitrogen and oxygen atoms in total. The number of hydrogen-bond acceptors (Lipinski definition) is 7. The van der Waals surface area contributed by atoms with Crippen LogP contribution in [-0.4, -0.2) is 35.0 Å². The van der Waals surface area contributed by atoms with Crippen molar-refractivity contribution in [3.05, 3.63) is 53.2 Å². The summed E-state index contributed by atoms with van der Waals surface area (Å²) >= 11 is 2.54. The van der Waals surface area contributed by atoms with Crippen LogP contribution in [0.2, 0.25) is 0 Å². The number of piperidine rings is 1. The van der Waals surface area contributed by atoms with Gasteiger partial charge in [-0.3, -0.25) is 4.79 Å². The Morgan fingerprint density at radius 1 is 1.22 bits per heavy atom. The average molecular weight is 472 g/mol. The molecule has 1 atom stereocenters. The minimum atomic E-state index is -0.772. The van der Waals surface area contributed by atoms with Gasteiger partial charge in [-0.05, 0) is 36.4 Å². The summed E-state index contributed by atoms with van der Waals surface area (Å²) in [5.41, 5.74) is 13.1. The van der Waals surface area contributed by atoms with Crippen LogP contribution in [0.25, 0.3) is 31.2 Å². The van der Waals surface area contributed by atoms with E-state index in [9.17, 15) is 13.6 Å². The van der Waals surface area contributed by atoms with Gasteiger partial charge in [-0.2, -0.15) is 0 Å². The summed E-state index contributed by atoms with van der Waals surface area (Å²) in [6.45, 7) is 1.45. The Kier molecular flexibility index (Phi) is 5.36. The van der Waals surface area contributed by atoms with E-state index >= 15 is 0 Å². The Bertz CT molecular complexity index is 1320. The summed E-state index contributed by atoms with van der Waals surface area (Å²) in [4.78, 5) is 24.6. The number of primary amides is 1. The highest BCUT2D eigenvalue weighted by Crippen LogP contribution is 2.44. The molecule has 1 aliphatic rings. The molecule has 5 rings (SSSR count). The third-order valence-electron chi connectivity index (χ3n) is 5.52. The number of carbonyl (C=O) groups is 1. The molecule has 164 valence electrons. The molecular formula is C22H19F2N5OS2. The summed E-state index contributed by atoms with van der Waals surface area (Å²) < 4.78 is 28.9. The maximum atomic E-state index is 14.4. The highest BCUT2D eigenvalue weighted by molar-refractivity contribution is 7.19. The van der Waals surface area contributed by atoms with Crippen LogP contribution in [0.15, 0.2) is 35.8 Å². The Morgan fingerprint density at radius 2 is 2.00 bits per heavy atom. The second-order valence-corrected chi connectivity index (χ2v) is 9.56. The highest BCUT2D eigenvalue weighted by Gasteiger charge is 2.28. The predicted molar refractivity (Wildman–Crippen MR) is 124 cm³/mol. The number of benzene rings is 1. The maximum absolute atomic E-state index is 14.4. The van der Waals surface area contributed by atoms with Crippen molar-refractivity contribution in [2.75, 3.05) is 18.0 Å². The van der Waals surface area contributed by atoms with Gasteiger partial charge in [-0.1, -0.05) is 6.07 Å². The molecule has 0 bridgehead atoms. The van der Waals surface area contributed by atoms with Crippen molar-refractivity contribution in [3.8, 4) is 21.0 Å². The molecule has 1 amide bonds. The number of nitrogens with zero attached hydrogens (tertiary/aromatic N) is 3. The summed E-state index contributed by atoms with van der Waals surface area (Å²) in [5.74, 6) is -2.28. The van der Waals surface area contributed by atoms with Gasteiger partial charge in [0.15, 0.2) is 0 Å². The number of halogens is 2. The first-order valence-corrected chi connectivity index (χ1v) is 11.8. The van der Waals surface area contributed by atoms with Crippen molar-refractivity contribution < 1.29 is 13.6 Å². The zero-order valence-corrected chi connectivity index (χ0v) is 18.5. The lowest BCUT2D eigenvalue weighted by molar-refractivity contribution is 0.0997. The molecule has 0 unspecified atom stereocenters. The average Bonchev–Trinajstić information content (AvgIpc) is 3.40. The van der Waals surface area contributed by atoms with Crippen LogP contribution in [0.1, 0.15) is 23.3 Å². The van der Waals surface area contributed by atoms with Gasteiger partial charge in [-0.15, -0.1) is 22.7 Å². The van der Waals surface area contributed by atoms with Crippen molar-refractivity contribution in [1.29, 1.82) is 0 Å². The molecular weight excluding hydrogens is 452 g/mol. The van der Waals surface area contributed by atoms with Gasteiger partial charge in [0, 0.05) is 36.3 Å². The number of rotatable bonds is 4. The molecule has 1 aromatic carbocycles. The number of aromatic nitrogens is 2. The minimum Gasteiger partial charge on any atom is -0.369 e. The van der Waals surface area contributed by atoms with Gasteiger partial charge in [-0.25, -0.2) is 18.7 Å². The molecule has 0 aliphatic carbocycles. The van der Waals surface area contributed by atoms with Crippen LogP contribution < -0.4 is 16.4 Å². The van der Waals surface area contributed by atoms with E-state index in [1.807, 2.05) is 11.4 Å². The Hall–Kier alpha value is -2.95. The number of nitrogens with two attached hydrogens (primary N) is 2. The summed E-state index contributed by atoms with van der Waals surface area (Å²) in [5, 5.41) is 2.94. The molecule has 4 heterocycles. The third-order valence-corrected chi connectivity index (χ3v) is 7.45. The fourth-order valence-corrected chi connectivity index (χ4v) is 5.98. The Morgan fingerprint density at radius 3 is 2.72 bits per heavy atom. The van der Waals surface area contributed by atoms with E-state index in [2.05, 4.69) is 14.9 Å². The lowest BCUT2D eigenvalue weighted by Crippen LogP contribution is -2.43. The molecule has 3 aromatic heterocycles. The molecule has 4 aromatic rings. The molecule has 0 spiro atoms. The molecule has 32 heavy (non-hydrogen) atoms. The van der Waals surface area contributed by atoms with Crippen LogP contribution in [-0.2, 0) is 0 Å². The Balaban J connectivity index is 1.75. The number of anilines is 1. The van der Waals surface area contributed by atoms with E-state index in [1.165, 1.54) is 17.4 Å². The fraction of sp³-hybridized carbons (Fsp3) is 0.227.